The molecule has 1 atom stereocenters. The predicted molar refractivity (Wildman–Crippen MR) is 141 cm³/mol. The van der Waals surface area contributed by atoms with E-state index in [1.165, 1.54) is 0 Å². The van der Waals surface area contributed by atoms with E-state index in [0.717, 1.165) is 59.7 Å². The number of nitrogens with one attached hydrogen (secondary N) is 1. The molecule has 7 heteroatoms. The monoisotopic (exact) mass is 484 g/mol. The molecule has 0 fully saturated rings. The molecule has 7 nitrogen and oxygen atoms in total. The Balaban J connectivity index is 1.40. The lowest BCUT2D eigenvalue weighted by Crippen LogP contribution is -2.29. The number of carbonyl (C=O) groups is 1. The summed E-state index contributed by atoms with van der Waals surface area (Å²) in [7, 11) is 1.65. The standard InChI is InChI=1S/C29H32N4O3/c1-4-11-22-15-16-26(27(20-22)35-3)36-19-10-9-18-33-25-14-6-5-12-23(25)32-28(33)21(2)31-29(34)24-13-7-8-17-30-24/h4-8,12-17,20-21H,1,9-11,18-19H2,2-3H3,(H,31,34). The van der Waals surface area contributed by atoms with Gasteiger partial charge < -0.3 is 19.4 Å². The highest BCUT2D eigenvalue weighted by Crippen LogP contribution is 2.29. The van der Waals surface area contributed by atoms with Gasteiger partial charge in [0.2, 0.25) is 0 Å². The van der Waals surface area contributed by atoms with Gasteiger partial charge in [0.1, 0.15) is 11.5 Å². The molecule has 2 heterocycles. The zero-order valence-electron chi connectivity index (χ0n) is 20.8. The van der Waals surface area contributed by atoms with Crippen molar-refractivity contribution in [2.24, 2.45) is 0 Å². The number of amides is 1. The summed E-state index contributed by atoms with van der Waals surface area (Å²) < 4.78 is 13.7. The Hall–Kier alpha value is -4.13. The van der Waals surface area contributed by atoms with Gasteiger partial charge in [0.15, 0.2) is 11.5 Å². The van der Waals surface area contributed by atoms with Crippen molar-refractivity contribution in [2.75, 3.05) is 13.7 Å². The van der Waals surface area contributed by atoms with Crippen molar-refractivity contribution in [3.8, 4) is 11.5 Å². The number of unbranched alkanes of at least 4 members (excludes halogenated alkanes) is 1. The number of ether oxygens (including phenoxy) is 2. The van der Waals surface area contributed by atoms with Gasteiger partial charge in [-0.1, -0.05) is 30.3 Å². The summed E-state index contributed by atoms with van der Waals surface area (Å²) in [6.07, 6.45) is 6.03. The average Bonchev–Trinajstić information content (AvgIpc) is 3.28. The van der Waals surface area contributed by atoms with Gasteiger partial charge >= 0.3 is 0 Å². The second kappa shape index (κ2) is 12.0. The van der Waals surface area contributed by atoms with Crippen LogP contribution < -0.4 is 14.8 Å². The van der Waals surface area contributed by atoms with Crippen LogP contribution in [0.5, 0.6) is 11.5 Å². The minimum atomic E-state index is -0.276. The van der Waals surface area contributed by atoms with Crippen LogP contribution in [-0.4, -0.2) is 34.2 Å². The van der Waals surface area contributed by atoms with Gasteiger partial charge in [-0.25, -0.2) is 4.98 Å². The van der Waals surface area contributed by atoms with Crippen LogP contribution in [0.2, 0.25) is 0 Å². The highest BCUT2D eigenvalue weighted by atomic mass is 16.5. The number of pyridine rings is 1. The minimum Gasteiger partial charge on any atom is -0.493 e. The molecule has 0 saturated carbocycles. The van der Waals surface area contributed by atoms with E-state index in [1.807, 2.05) is 49.4 Å². The van der Waals surface area contributed by atoms with Crippen molar-refractivity contribution in [3.05, 3.63) is 96.6 Å². The molecule has 1 unspecified atom stereocenters. The number of aryl methyl sites for hydroxylation is 1. The molecule has 0 radical (unpaired) electrons. The van der Waals surface area contributed by atoms with Gasteiger partial charge in [-0.3, -0.25) is 9.78 Å². The number of allylic oxidation sites excluding steroid dienone is 1. The molecular formula is C29H32N4O3. The van der Waals surface area contributed by atoms with E-state index in [9.17, 15) is 4.79 Å². The summed E-state index contributed by atoms with van der Waals surface area (Å²) in [4.78, 5) is 21.6. The Labute approximate surface area is 211 Å². The molecule has 0 aliphatic rings. The molecule has 1 N–H and O–H groups in total. The quantitative estimate of drug-likeness (QED) is 0.212. The van der Waals surface area contributed by atoms with Crippen molar-refractivity contribution in [3.63, 3.8) is 0 Å². The van der Waals surface area contributed by atoms with E-state index in [4.69, 9.17) is 14.5 Å². The minimum absolute atomic E-state index is 0.219. The first-order chi connectivity index (χ1) is 17.6. The van der Waals surface area contributed by atoms with Crippen molar-refractivity contribution in [2.45, 2.75) is 38.8 Å². The summed E-state index contributed by atoms with van der Waals surface area (Å²) in [5, 5.41) is 3.03. The highest BCUT2D eigenvalue weighted by Gasteiger charge is 2.19. The van der Waals surface area contributed by atoms with E-state index < -0.39 is 0 Å². The molecular weight excluding hydrogens is 452 g/mol. The molecule has 186 valence electrons. The van der Waals surface area contributed by atoms with Crippen molar-refractivity contribution >= 4 is 16.9 Å². The van der Waals surface area contributed by atoms with Crippen LogP contribution in [0.4, 0.5) is 0 Å². The van der Waals surface area contributed by atoms with Crippen molar-refractivity contribution in [1.29, 1.82) is 0 Å². The Morgan fingerprint density at radius 2 is 1.94 bits per heavy atom. The number of aromatic nitrogens is 3. The number of imidazole rings is 1. The van der Waals surface area contributed by atoms with Crippen LogP contribution in [-0.2, 0) is 13.0 Å². The molecule has 0 saturated heterocycles. The highest BCUT2D eigenvalue weighted by molar-refractivity contribution is 5.92. The lowest BCUT2D eigenvalue weighted by Gasteiger charge is -2.16. The van der Waals surface area contributed by atoms with Gasteiger partial charge in [-0.15, -0.1) is 6.58 Å². The number of fused-ring (bicyclic) bond motifs is 1. The Morgan fingerprint density at radius 1 is 1.11 bits per heavy atom. The normalized spacial score (nSPS) is 11.7. The SMILES string of the molecule is C=CCc1ccc(OCCCCn2c(C(C)NC(=O)c3ccccn3)nc3ccccc32)c(OC)c1. The summed E-state index contributed by atoms with van der Waals surface area (Å²) >= 11 is 0. The van der Waals surface area contributed by atoms with E-state index in [0.29, 0.717) is 12.3 Å². The third-order valence-electron chi connectivity index (χ3n) is 5.96. The van der Waals surface area contributed by atoms with E-state index in [1.54, 1.807) is 31.5 Å². The fourth-order valence-corrected chi connectivity index (χ4v) is 4.17. The van der Waals surface area contributed by atoms with Crippen LogP contribution in [0.3, 0.4) is 0 Å². The third-order valence-corrected chi connectivity index (χ3v) is 5.96. The molecule has 2 aromatic heterocycles. The average molecular weight is 485 g/mol. The first kappa shape index (κ1) is 25.0. The first-order valence-corrected chi connectivity index (χ1v) is 12.2. The van der Waals surface area contributed by atoms with E-state index >= 15 is 0 Å². The summed E-state index contributed by atoms with van der Waals surface area (Å²) in [6, 6.07) is 19.0. The fourth-order valence-electron chi connectivity index (χ4n) is 4.17. The van der Waals surface area contributed by atoms with Crippen LogP contribution >= 0.6 is 0 Å². The molecule has 4 aromatic rings. The lowest BCUT2D eigenvalue weighted by molar-refractivity contribution is 0.0932. The zero-order valence-corrected chi connectivity index (χ0v) is 20.8. The van der Waals surface area contributed by atoms with Gasteiger partial charge in [0, 0.05) is 12.7 Å². The van der Waals surface area contributed by atoms with E-state index in [-0.39, 0.29) is 11.9 Å². The lowest BCUT2D eigenvalue weighted by atomic mass is 10.1. The van der Waals surface area contributed by atoms with Gasteiger partial charge in [0.05, 0.1) is 30.8 Å². The molecule has 1 amide bonds. The number of para-hydroxylation sites is 2. The Bertz CT molecular complexity index is 1320. The van der Waals surface area contributed by atoms with Gasteiger partial charge in [-0.05, 0) is 68.1 Å². The number of nitrogens with zero attached hydrogens (tertiary/aromatic N) is 3. The number of hydrogen-bond acceptors (Lipinski definition) is 5. The number of rotatable bonds is 12. The topological polar surface area (TPSA) is 78.3 Å². The first-order valence-electron chi connectivity index (χ1n) is 12.2. The van der Waals surface area contributed by atoms with Crippen molar-refractivity contribution < 1.29 is 14.3 Å². The second-order valence-corrected chi connectivity index (χ2v) is 8.55. The van der Waals surface area contributed by atoms with Crippen LogP contribution in [0, 0.1) is 0 Å². The maximum absolute atomic E-state index is 12.7. The molecule has 36 heavy (non-hydrogen) atoms. The van der Waals surface area contributed by atoms with Crippen LogP contribution in [0.25, 0.3) is 11.0 Å². The van der Waals surface area contributed by atoms with Gasteiger partial charge in [-0.2, -0.15) is 0 Å². The maximum atomic E-state index is 12.7. The largest absolute Gasteiger partial charge is 0.493 e. The van der Waals surface area contributed by atoms with Crippen LogP contribution in [0.1, 0.15) is 47.7 Å². The van der Waals surface area contributed by atoms with Gasteiger partial charge in [0.25, 0.3) is 5.91 Å². The second-order valence-electron chi connectivity index (χ2n) is 8.55. The molecule has 2 aromatic carbocycles. The van der Waals surface area contributed by atoms with Crippen LogP contribution in [0.15, 0.2) is 79.5 Å². The summed E-state index contributed by atoms with van der Waals surface area (Å²) in [5.74, 6) is 2.07. The fraction of sp³-hybridized carbons (Fsp3) is 0.276. The Kier molecular flexibility index (Phi) is 8.34. The number of benzene rings is 2. The Morgan fingerprint density at radius 3 is 2.72 bits per heavy atom. The molecule has 4 rings (SSSR count). The zero-order chi connectivity index (χ0) is 25.3. The number of methoxy groups -OCH3 is 1. The number of carbonyl (C=O) groups excluding carboxylic acids is 1. The smallest absolute Gasteiger partial charge is 0.270 e. The van der Waals surface area contributed by atoms with E-state index in [2.05, 4.69) is 27.5 Å². The summed E-state index contributed by atoms with van der Waals surface area (Å²) in [5.41, 5.74) is 3.48. The predicted octanol–water partition coefficient (Wildman–Crippen LogP) is 5.52. The molecule has 0 bridgehead atoms. The maximum Gasteiger partial charge on any atom is 0.270 e. The molecule has 0 aliphatic carbocycles. The third kappa shape index (κ3) is 5.92. The molecule has 0 aliphatic heterocycles. The van der Waals surface area contributed by atoms with Crippen molar-refractivity contribution in [1.82, 2.24) is 19.9 Å². The summed E-state index contributed by atoms with van der Waals surface area (Å²) in [6.45, 7) is 7.07. The molecule has 0 spiro atoms. The number of hydrogen-bond donors (Lipinski definition) is 1.